The molecule has 0 fully saturated rings. The Bertz CT molecular complexity index is 505. The predicted octanol–water partition coefficient (Wildman–Crippen LogP) is 3.16. The third-order valence-corrected chi connectivity index (χ3v) is 3.67. The summed E-state index contributed by atoms with van der Waals surface area (Å²) in [7, 11) is 1.63. The molecule has 1 aromatic heterocycles. The summed E-state index contributed by atoms with van der Waals surface area (Å²) in [6.07, 6.45) is 1.64. The van der Waals surface area contributed by atoms with E-state index in [9.17, 15) is 13.2 Å². The van der Waals surface area contributed by atoms with Crippen LogP contribution in [-0.4, -0.2) is 24.0 Å². The van der Waals surface area contributed by atoms with Crippen LogP contribution in [0.3, 0.4) is 0 Å². The van der Waals surface area contributed by atoms with Crippen molar-refractivity contribution < 1.29 is 13.2 Å². The number of aromatic nitrogens is 1. The van der Waals surface area contributed by atoms with Crippen LogP contribution in [0.5, 0.6) is 0 Å². The van der Waals surface area contributed by atoms with Gasteiger partial charge in [-0.25, -0.2) is 4.98 Å². The van der Waals surface area contributed by atoms with E-state index >= 15 is 0 Å². The van der Waals surface area contributed by atoms with Gasteiger partial charge in [-0.15, -0.1) is 35.3 Å². The fraction of sp³-hybridized carbons (Fsp3) is 0.500. The van der Waals surface area contributed by atoms with E-state index in [0.29, 0.717) is 17.0 Å². The number of nitrogens with zero attached hydrogens (tertiary/aromatic N) is 2. The summed E-state index contributed by atoms with van der Waals surface area (Å²) in [6, 6.07) is 0.295. The lowest BCUT2D eigenvalue weighted by Crippen LogP contribution is -2.42. The second-order valence-electron chi connectivity index (χ2n) is 4.33. The van der Waals surface area contributed by atoms with Crippen LogP contribution in [0.15, 0.2) is 22.5 Å². The van der Waals surface area contributed by atoms with Crippen molar-refractivity contribution in [2.75, 3.05) is 7.05 Å². The fourth-order valence-electron chi connectivity index (χ4n) is 1.80. The third-order valence-electron chi connectivity index (χ3n) is 2.82. The van der Waals surface area contributed by atoms with Crippen molar-refractivity contribution >= 4 is 41.3 Å². The first-order chi connectivity index (χ1) is 9.49. The molecule has 0 unspecified atom stereocenters. The highest BCUT2D eigenvalue weighted by Crippen LogP contribution is 2.29. The van der Waals surface area contributed by atoms with Gasteiger partial charge in [0.05, 0.1) is 6.54 Å². The van der Waals surface area contributed by atoms with Gasteiger partial charge >= 0.3 is 6.18 Å². The first kappa shape index (κ1) is 18.2. The number of thiazole rings is 1. The van der Waals surface area contributed by atoms with E-state index in [2.05, 4.69) is 32.8 Å². The van der Waals surface area contributed by atoms with Crippen LogP contribution in [-0.2, 0) is 12.7 Å². The van der Waals surface area contributed by atoms with Crippen molar-refractivity contribution in [2.45, 2.75) is 31.6 Å². The molecule has 0 aliphatic heterocycles. The number of alkyl halides is 3. The summed E-state index contributed by atoms with van der Waals surface area (Å²) in [5.74, 6) is 0.572. The molecule has 0 spiro atoms. The average Bonchev–Trinajstić information content (AvgIpc) is 3.04. The number of hydrogen-bond acceptors (Lipinski definition) is 3. The van der Waals surface area contributed by atoms with Crippen molar-refractivity contribution in [1.29, 1.82) is 0 Å². The van der Waals surface area contributed by atoms with Crippen molar-refractivity contribution in [1.82, 2.24) is 15.6 Å². The van der Waals surface area contributed by atoms with Crippen LogP contribution in [0.25, 0.3) is 0 Å². The van der Waals surface area contributed by atoms with Gasteiger partial charge in [-0.1, -0.05) is 12.2 Å². The maximum absolute atomic E-state index is 12.4. The lowest BCUT2D eigenvalue weighted by molar-refractivity contribution is -0.140. The maximum Gasteiger partial charge on any atom is 0.434 e. The normalized spacial score (nSPS) is 15.9. The van der Waals surface area contributed by atoms with Gasteiger partial charge in [0.1, 0.15) is 5.01 Å². The topological polar surface area (TPSA) is 49.3 Å². The van der Waals surface area contributed by atoms with E-state index in [1.165, 1.54) is 0 Å². The van der Waals surface area contributed by atoms with Crippen LogP contribution in [0.1, 0.15) is 23.5 Å². The van der Waals surface area contributed by atoms with Crippen molar-refractivity contribution in [3.8, 4) is 0 Å². The van der Waals surface area contributed by atoms with Gasteiger partial charge in [0.15, 0.2) is 11.7 Å². The Morgan fingerprint density at radius 1 is 1.43 bits per heavy atom. The molecular formula is C12H16F3IN4S. The molecule has 9 heteroatoms. The molecule has 0 bridgehead atoms. The van der Waals surface area contributed by atoms with E-state index in [-0.39, 0.29) is 30.5 Å². The van der Waals surface area contributed by atoms with E-state index in [4.69, 9.17) is 0 Å². The van der Waals surface area contributed by atoms with Crippen LogP contribution in [0.4, 0.5) is 13.2 Å². The molecule has 1 heterocycles. The Morgan fingerprint density at radius 3 is 2.62 bits per heavy atom. The van der Waals surface area contributed by atoms with E-state index in [1.807, 2.05) is 0 Å². The molecule has 1 aliphatic rings. The van der Waals surface area contributed by atoms with Gasteiger partial charge in [-0.3, -0.25) is 4.99 Å². The zero-order chi connectivity index (χ0) is 14.6. The van der Waals surface area contributed by atoms with Gasteiger partial charge in [0.2, 0.25) is 0 Å². The Kier molecular flexibility index (Phi) is 6.91. The molecule has 2 N–H and O–H groups in total. The summed E-state index contributed by atoms with van der Waals surface area (Å²) >= 11 is 0.983. The van der Waals surface area contributed by atoms with E-state index in [1.54, 1.807) is 7.05 Å². The van der Waals surface area contributed by atoms with E-state index in [0.717, 1.165) is 29.6 Å². The van der Waals surface area contributed by atoms with Crippen molar-refractivity contribution in [3.63, 3.8) is 0 Å². The van der Waals surface area contributed by atoms with Gasteiger partial charge < -0.3 is 10.6 Å². The fourth-order valence-corrected chi connectivity index (χ4v) is 2.55. The quantitative estimate of drug-likeness (QED) is 0.334. The standard InChI is InChI=1S/C12H15F3N4S.HI/c1-16-11(18-8-4-2-3-5-8)17-6-10-19-9(7-20-10)12(13,14)15;/h2-3,7-8H,4-6H2,1H3,(H2,16,17,18);1H. The van der Waals surface area contributed by atoms with Crippen LogP contribution in [0, 0.1) is 0 Å². The van der Waals surface area contributed by atoms with Gasteiger partial charge in [-0.05, 0) is 12.8 Å². The highest BCUT2D eigenvalue weighted by atomic mass is 127. The Morgan fingerprint density at radius 2 is 2.10 bits per heavy atom. The zero-order valence-corrected chi connectivity index (χ0v) is 14.4. The number of aliphatic imine (C=N–C) groups is 1. The number of nitrogens with one attached hydrogen (secondary N) is 2. The smallest absolute Gasteiger partial charge is 0.353 e. The minimum atomic E-state index is -4.38. The number of halogens is 4. The van der Waals surface area contributed by atoms with Crippen LogP contribution < -0.4 is 10.6 Å². The first-order valence-electron chi connectivity index (χ1n) is 6.13. The lowest BCUT2D eigenvalue weighted by Gasteiger charge is -2.16. The zero-order valence-electron chi connectivity index (χ0n) is 11.3. The molecule has 4 nitrogen and oxygen atoms in total. The monoisotopic (exact) mass is 432 g/mol. The van der Waals surface area contributed by atoms with Crippen molar-refractivity contribution in [3.05, 3.63) is 28.2 Å². The molecule has 2 rings (SSSR count). The second-order valence-corrected chi connectivity index (χ2v) is 5.28. The predicted molar refractivity (Wildman–Crippen MR) is 88.0 cm³/mol. The highest BCUT2D eigenvalue weighted by molar-refractivity contribution is 14.0. The van der Waals surface area contributed by atoms with Crippen LogP contribution in [0.2, 0.25) is 0 Å². The third kappa shape index (κ3) is 5.46. The molecule has 0 aromatic carbocycles. The summed E-state index contributed by atoms with van der Waals surface area (Å²) in [6.45, 7) is 0.223. The summed E-state index contributed by atoms with van der Waals surface area (Å²) in [5.41, 5.74) is -0.845. The van der Waals surface area contributed by atoms with Gasteiger partial charge in [-0.2, -0.15) is 13.2 Å². The largest absolute Gasteiger partial charge is 0.434 e. The second kappa shape index (κ2) is 7.97. The molecule has 0 saturated heterocycles. The molecular weight excluding hydrogens is 416 g/mol. The van der Waals surface area contributed by atoms with Gasteiger partial charge in [0.25, 0.3) is 0 Å². The van der Waals surface area contributed by atoms with Crippen LogP contribution >= 0.6 is 35.3 Å². The summed E-state index contributed by atoms with van der Waals surface area (Å²) in [4.78, 5) is 7.60. The van der Waals surface area contributed by atoms with E-state index < -0.39 is 11.9 Å². The lowest BCUT2D eigenvalue weighted by atomic mass is 10.2. The Hall–Kier alpha value is -0.840. The minimum absolute atomic E-state index is 0. The van der Waals surface area contributed by atoms with Crippen molar-refractivity contribution in [2.24, 2.45) is 4.99 Å². The molecule has 0 radical (unpaired) electrons. The highest BCUT2D eigenvalue weighted by Gasteiger charge is 2.33. The Balaban J connectivity index is 0.00000220. The Labute approximate surface area is 142 Å². The van der Waals surface area contributed by atoms with Gasteiger partial charge in [0, 0.05) is 18.5 Å². The molecule has 118 valence electrons. The minimum Gasteiger partial charge on any atom is -0.353 e. The molecule has 0 atom stereocenters. The molecule has 1 aliphatic carbocycles. The maximum atomic E-state index is 12.4. The number of hydrogen-bond donors (Lipinski definition) is 2. The number of guanidine groups is 1. The SMILES string of the molecule is CN=C(NCc1nc(C(F)(F)F)cs1)NC1CC=CC1.I. The molecule has 1 aromatic rings. The molecule has 0 saturated carbocycles. The average molecular weight is 432 g/mol. The number of rotatable bonds is 3. The molecule has 21 heavy (non-hydrogen) atoms. The summed E-state index contributed by atoms with van der Waals surface area (Å²) < 4.78 is 37.3. The summed E-state index contributed by atoms with van der Waals surface area (Å²) in [5, 5.41) is 7.57. The molecule has 0 amide bonds. The first-order valence-corrected chi connectivity index (χ1v) is 7.01.